The lowest BCUT2D eigenvalue weighted by Gasteiger charge is -2.31. The van der Waals surface area contributed by atoms with E-state index in [1.165, 1.54) is 32.1 Å². The Morgan fingerprint density at radius 1 is 1.17 bits per heavy atom. The third-order valence-corrected chi connectivity index (χ3v) is 2.95. The molecule has 0 radical (unpaired) electrons. The average Bonchev–Trinajstić information content (AvgIpc) is 1.82. The summed E-state index contributed by atoms with van der Waals surface area (Å²) in [4.78, 5) is 0. The summed E-state index contributed by atoms with van der Waals surface area (Å²) in [5.74, 6) is 2.01. The maximum atomic E-state index is 2.41. The lowest BCUT2D eigenvalue weighted by atomic mass is 9.74. The highest BCUT2D eigenvalue weighted by Crippen LogP contribution is 2.36. The summed E-state index contributed by atoms with van der Waals surface area (Å²) in [6.07, 6.45) is 7.35. The van der Waals surface area contributed by atoms with Gasteiger partial charge in [0.1, 0.15) is 0 Å². The van der Waals surface area contributed by atoms with E-state index in [9.17, 15) is 0 Å². The van der Waals surface area contributed by atoms with Crippen LogP contribution in [0.15, 0.2) is 0 Å². The summed E-state index contributed by atoms with van der Waals surface area (Å²) >= 11 is 0. The largest absolute Gasteiger partial charge is 0.0625 e. The highest BCUT2D eigenvalue weighted by Gasteiger charge is 2.23. The molecule has 72 valence electrons. The van der Waals surface area contributed by atoms with Gasteiger partial charge in [-0.3, -0.25) is 0 Å². The van der Waals surface area contributed by atoms with E-state index in [0.29, 0.717) is 5.41 Å². The van der Waals surface area contributed by atoms with Crippen molar-refractivity contribution in [1.82, 2.24) is 0 Å². The van der Waals surface area contributed by atoms with E-state index in [1.54, 1.807) is 0 Å². The fourth-order valence-corrected chi connectivity index (χ4v) is 2.61. The Hall–Kier alpha value is 0. The molecule has 12 heavy (non-hydrogen) atoms. The summed E-state index contributed by atoms with van der Waals surface area (Å²) in [5.41, 5.74) is 0.543. The summed E-state index contributed by atoms with van der Waals surface area (Å²) < 4.78 is 0. The van der Waals surface area contributed by atoms with E-state index in [0.717, 1.165) is 11.8 Å². The molecule has 0 bridgehead atoms. The standard InChI is InChI=1S/C12H24/c1-10-6-5-7-11(8-10)9-12(2,3)4/h10-11H,5-9H2,1-4H3. The van der Waals surface area contributed by atoms with Crippen molar-refractivity contribution in [1.29, 1.82) is 0 Å². The van der Waals surface area contributed by atoms with E-state index in [2.05, 4.69) is 27.7 Å². The van der Waals surface area contributed by atoms with Gasteiger partial charge in [0.25, 0.3) is 0 Å². The molecule has 0 aromatic rings. The highest BCUT2D eigenvalue weighted by atomic mass is 14.3. The molecule has 1 aliphatic carbocycles. The Balaban J connectivity index is 2.32. The SMILES string of the molecule is CC1CCCC(CC(C)(C)C)C1. The van der Waals surface area contributed by atoms with Crippen LogP contribution in [-0.2, 0) is 0 Å². The summed E-state index contributed by atoms with van der Waals surface area (Å²) in [6, 6.07) is 0. The second-order valence-electron chi connectivity index (χ2n) is 5.90. The van der Waals surface area contributed by atoms with Crippen LogP contribution in [-0.4, -0.2) is 0 Å². The molecule has 0 aromatic heterocycles. The third-order valence-electron chi connectivity index (χ3n) is 2.95. The first-order valence-electron chi connectivity index (χ1n) is 5.47. The predicted octanol–water partition coefficient (Wildman–Crippen LogP) is 4.25. The molecular formula is C12H24. The molecule has 1 aliphatic rings. The molecular weight excluding hydrogens is 144 g/mol. The average molecular weight is 168 g/mol. The second kappa shape index (κ2) is 3.81. The molecule has 1 fully saturated rings. The van der Waals surface area contributed by atoms with Gasteiger partial charge in [-0.1, -0.05) is 47.0 Å². The normalized spacial score (nSPS) is 32.0. The third kappa shape index (κ3) is 3.60. The fraction of sp³-hybridized carbons (Fsp3) is 1.00. The van der Waals surface area contributed by atoms with Crippen LogP contribution in [0, 0.1) is 17.3 Å². The van der Waals surface area contributed by atoms with Crippen LogP contribution in [0.2, 0.25) is 0 Å². The Morgan fingerprint density at radius 3 is 2.33 bits per heavy atom. The number of hydrogen-bond donors (Lipinski definition) is 0. The van der Waals surface area contributed by atoms with Crippen LogP contribution in [0.4, 0.5) is 0 Å². The van der Waals surface area contributed by atoms with Crippen molar-refractivity contribution in [2.45, 2.75) is 59.8 Å². The van der Waals surface area contributed by atoms with Gasteiger partial charge in [0.2, 0.25) is 0 Å². The van der Waals surface area contributed by atoms with Gasteiger partial charge in [-0.05, 0) is 30.1 Å². The van der Waals surface area contributed by atoms with E-state index in [4.69, 9.17) is 0 Å². The van der Waals surface area contributed by atoms with Crippen molar-refractivity contribution in [2.75, 3.05) is 0 Å². The highest BCUT2D eigenvalue weighted by molar-refractivity contribution is 4.75. The molecule has 0 amide bonds. The van der Waals surface area contributed by atoms with Gasteiger partial charge in [0.15, 0.2) is 0 Å². The molecule has 2 atom stereocenters. The zero-order valence-corrected chi connectivity index (χ0v) is 9.19. The van der Waals surface area contributed by atoms with Gasteiger partial charge in [0, 0.05) is 0 Å². The van der Waals surface area contributed by atoms with Crippen LogP contribution >= 0.6 is 0 Å². The summed E-state index contributed by atoms with van der Waals surface area (Å²) in [6.45, 7) is 9.51. The Kier molecular flexibility index (Phi) is 3.20. The molecule has 0 spiro atoms. The van der Waals surface area contributed by atoms with Crippen LogP contribution in [0.25, 0.3) is 0 Å². The lowest BCUT2D eigenvalue weighted by molar-refractivity contribution is 0.205. The van der Waals surface area contributed by atoms with Gasteiger partial charge in [-0.2, -0.15) is 0 Å². The summed E-state index contributed by atoms with van der Waals surface area (Å²) in [7, 11) is 0. The summed E-state index contributed by atoms with van der Waals surface area (Å²) in [5, 5.41) is 0. The monoisotopic (exact) mass is 168 g/mol. The minimum atomic E-state index is 0.543. The first kappa shape index (κ1) is 10.1. The van der Waals surface area contributed by atoms with Crippen LogP contribution in [0.3, 0.4) is 0 Å². The smallest absolute Gasteiger partial charge is 0.0380 e. The van der Waals surface area contributed by atoms with Gasteiger partial charge in [-0.15, -0.1) is 0 Å². The quantitative estimate of drug-likeness (QED) is 0.549. The minimum absolute atomic E-state index is 0.543. The van der Waals surface area contributed by atoms with E-state index < -0.39 is 0 Å². The first-order chi connectivity index (χ1) is 5.47. The maximum Gasteiger partial charge on any atom is -0.0380 e. The fourth-order valence-electron chi connectivity index (χ4n) is 2.61. The van der Waals surface area contributed by atoms with Gasteiger partial charge < -0.3 is 0 Å². The molecule has 1 rings (SSSR count). The molecule has 0 aromatic carbocycles. The molecule has 1 saturated carbocycles. The van der Waals surface area contributed by atoms with Crippen molar-refractivity contribution in [3.63, 3.8) is 0 Å². The Morgan fingerprint density at radius 2 is 1.83 bits per heavy atom. The van der Waals surface area contributed by atoms with Crippen molar-refractivity contribution < 1.29 is 0 Å². The Labute approximate surface area is 77.7 Å². The van der Waals surface area contributed by atoms with Gasteiger partial charge >= 0.3 is 0 Å². The first-order valence-corrected chi connectivity index (χ1v) is 5.47. The van der Waals surface area contributed by atoms with Crippen molar-refractivity contribution in [3.05, 3.63) is 0 Å². The zero-order valence-electron chi connectivity index (χ0n) is 9.19. The van der Waals surface area contributed by atoms with E-state index in [-0.39, 0.29) is 0 Å². The number of rotatable bonds is 1. The molecule has 0 nitrogen and oxygen atoms in total. The molecule has 0 saturated heterocycles. The van der Waals surface area contributed by atoms with Crippen molar-refractivity contribution in [2.24, 2.45) is 17.3 Å². The van der Waals surface area contributed by atoms with Crippen LogP contribution in [0.1, 0.15) is 59.8 Å². The molecule has 0 N–H and O–H groups in total. The van der Waals surface area contributed by atoms with E-state index >= 15 is 0 Å². The van der Waals surface area contributed by atoms with E-state index in [1.807, 2.05) is 0 Å². The topological polar surface area (TPSA) is 0 Å². The molecule has 0 heterocycles. The maximum absolute atomic E-state index is 2.41. The van der Waals surface area contributed by atoms with Gasteiger partial charge in [-0.25, -0.2) is 0 Å². The molecule has 0 aliphatic heterocycles. The molecule has 2 unspecified atom stereocenters. The lowest BCUT2D eigenvalue weighted by Crippen LogP contribution is -2.19. The van der Waals surface area contributed by atoms with Gasteiger partial charge in [0.05, 0.1) is 0 Å². The second-order valence-corrected chi connectivity index (χ2v) is 5.90. The van der Waals surface area contributed by atoms with Crippen LogP contribution < -0.4 is 0 Å². The Bertz CT molecular complexity index is 129. The van der Waals surface area contributed by atoms with Crippen LogP contribution in [0.5, 0.6) is 0 Å². The van der Waals surface area contributed by atoms with Crippen molar-refractivity contribution >= 4 is 0 Å². The minimum Gasteiger partial charge on any atom is -0.0625 e. The zero-order chi connectivity index (χ0) is 9.19. The number of hydrogen-bond acceptors (Lipinski definition) is 0. The predicted molar refractivity (Wildman–Crippen MR) is 55.2 cm³/mol. The molecule has 0 heteroatoms. The van der Waals surface area contributed by atoms with Crippen molar-refractivity contribution in [3.8, 4) is 0 Å².